The second-order valence-electron chi connectivity index (χ2n) is 10.7. The van der Waals surface area contributed by atoms with E-state index >= 15 is 8.78 Å². The zero-order chi connectivity index (χ0) is 31.8. The Balaban J connectivity index is 1.57. The van der Waals surface area contributed by atoms with Gasteiger partial charge in [-0.05, 0) is 67.6 Å². The third-order valence-corrected chi connectivity index (χ3v) is 11.0. The van der Waals surface area contributed by atoms with Crippen molar-refractivity contribution in [2.24, 2.45) is 5.92 Å². The van der Waals surface area contributed by atoms with Gasteiger partial charge in [0.1, 0.15) is 28.1 Å². The van der Waals surface area contributed by atoms with Crippen molar-refractivity contribution in [3.8, 4) is 0 Å². The third-order valence-electron chi connectivity index (χ3n) is 7.65. The summed E-state index contributed by atoms with van der Waals surface area (Å²) in [5.74, 6) is -5.52. The number of alkyl halides is 5. The number of pyridine rings is 1. The fourth-order valence-corrected chi connectivity index (χ4v) is 8.28. The Morgan fingerprint density at radius 1 is 0.864 bits per heavy atom. The molecule has 1 saturated carbocycles. The summed E-state index contributed by atoms with van der Waals surface area (Å²) in [6.45, 7) is 1.72. The molecule has 0 saturated heterocycles. The number of halogens is 6. The molecule has 0 spiro atoms. The third kappa shape index (κ3) is 4.98. The maximum Gasteiger partial charge on any atom is 0.433 e. The molecule has 2 aliphatic rings. The van der Waals surface area contributed by atoms with Crippen LogP contribution in [0.2, 0.25) is 0 Å². The number of rotatable bonds is 6. The SMILES string of the molecule is Cc1ccc(S(=O)(=O)n2cc3c(n2)C(F)(F)[C@H](c2ccc(F)cc2)N(S(=O)(=O)c2ccc(C(F)(F)F)nc2)[C@@H]3C2CC2)cc1. The molecular weight excluding hydrogens is 634 g/mol. The van der Waals surface area contributed by atoms with Crippen LogP contribution in [0.5, 0.6) is 0 Å². The first kappa shape index (κ1) is 30.3. The molecule has 1 aliphatic heterocycles. The van der Waals surface area contributed by atoms with Crippen molar-refractivity contribution in [1.82, 2.24) is 18.5 Å². The van der Waals surface area contributed by atoms with Crippen molar-refractivity contribution in [1.29, 1.82) is 0 Å². The van der Waals surface area contributed by atoms with Gasteiger partial charge in [-0.1, -0.05) is 29.8 Å². The molecule has 0 amide bonds. The van der Waals surface area contributed by atoms with Gasteiger partial charge in [0.15, 0.2) is 0 Å². The van der Waals surface area contributed by atoms with E-state index in [4.69, 9.17) is 0 Å². The van der Waals surface area contributed by atoms with Crippen LogP contribution in [-0.4, -0.2) is 35.3 Å². The van der Waals surface area contributed by atoms with E-state index in [1.807, 2.05) is 0 Å². The molecule has 2 atom stereocenters. The summed E-state index contributed by atoms with van der Waals surface area (Å²) in [7, 11) is -9.54. The van der Waals surface area contributed by atoms with Crippen molar-refractivity contribution < 1.29 is 43.2 Å². The summed E-state index contributed by atoms with van der Waals surface area (Å²) in [5, 5.41) is 3.80. The lowest BCUT2D eigenvalue weighted by Crippen LogP contribution is -2.49. The van der Waals surface area contributed by atoms with Gasteiger partial charge in [-0.15, -0.1) is 0 Å². The number of nitrogens with zero attached hydrogens (tertiary/aromatic N) is 4. The summed E-state index contributed by atoms with van der Waals surface area (Å²) in [5.41, 5.74) is -2.33. The molecule has 0 unspecified atom stereocenters. The van der Waals surface area contributed by atoms with E-state index in [1.165, 1.54) is 24.3 Å². The number of hydrogen-bond donors (Lipinski definition) is 0. The van der Waals surface area contributed by atoms with Crippen LogP contribution in [0.4, 0.5) is 26.3 Å². The topological polar surface area (TPSA) is 102 Å². The molecule has 8 nitrogen and oxygen atoms in total. The fourth-order valence-electron chi connectivity index (χ4n) is 5.35. The minimum Gasteiger partial charge on any atom is -0.250 e. The van der Waals surface area contributed by atoms with Crippen molar-refractivity contribution in [3.05, 3.63) is 107 Å². The predicted octanol–water partition coefficient (Wildman–Crippen LogP) is 5.97. The van der Waals surface area contributed by atoms with Gasteiger partial charge in [0, 0.05) is 18.0 Å². The first-order chi connectivity index (χ1) is 20.5. The average Bonchev–Trinajstić information content (AvgIpc) is 3.69. The van der Waals surface area contributed by atoms with Gasteiger partial charge in [-0.3, -0.25) is 4.98 Å². The summed E-state index contributed by atoms with van der Waals surface area (Å²) >= 11 is 0. The normalized spacial score (nSPS) is 20.8. The molecule has 2 aromatic carbocycles. The monoisotopic (exact) mass is 656 g/mol. The first-order valence-electron chi connectivity index (χ1n) is 13.2. The van der Waals surface area contributed by atoms with Gasteiger partial charge >= 0.3 is 12.1 Å². The van der Waals surface area contributed by atoms with Gasteiger partial charge in [-0.25, -0.2) is 12.8 Å². The number of hydrogen-bond acceptors (Lipinski definition) is 6. The van der Waals surface area contributed by atoms with Gasteiger partial charge in [0.2, 0.25) is 10.0 Å². The number of sulfonamides is 1. The highest BCUT2D eigenvalue weighted by Gasteiger charge is 2.62. The summed E-state index contributed by atoms with van der Waals surface area (Å²) < 4.78 is 143. The van der Waals surface area contributed by atoms with Gasteiger partial charge in [0.05, 0.1) is 10.9 Å². The molecule has 0 radical (unpaired) electrons. The van der Waals surface area contributed by atoms with Crippen molar-refractivity contribution >= 4 is 20.0 Å². The highest BCUT2D eigenvalue weighted by Crippen LogP contribution is 2.60. The van der Waals surface area contributed by atoms with Gasteiger partial charge in [-0.2, -0.15) is 43.9 Å². The molecule has 232 valence electrons. The molecule has 0 N–H and O–H groups in total. The van der Waals surface area contributed by atoms with E-state index in [9.17, 15) is 34.4 Å². The lowest BCUT2D eigenvalue weighted by atomic mass is 9.87. The Hall–Kier alpha value is -3.76. The quantitative estimate of drug-likeness (QED) is 0.237. The van der Waals surface area contributed by atoms with Crippen LogP contribution in [0.25, 0.3) is 0 Å². The van der Waals surface area contributed by atoms with E-state index in [0.717, 1.165) is 36.0 Å². The van der Waals surface area contributed by atoms with Crippen LogP contribution < -0.4 is 0 Å². The fraction of sp³-hybridized carbons (Fsp3) is 0.286. The number of aromatic nitrogens is 3. The minimum atomic E-state index is -5.04. The molecule has 16 heteroatoms. The van der Waals surface area contributed by atoms with E-state index in [0.29, 0.717) is 39.6 Å². The number of aryl methyl sites for hydroxylation is 1. The Morgan fingerprint density at radius 2 is 1.48 bits per heavy atom. The van der Waals surface area contributed by atoms with Gasteiger partial charge in [0.25, 0.3) is 10.0 Å². The van der Waals surface area contributed by atoms with E-state index in [-0.39, 0.29) is 16.0 Å². The molecule has 1 fully saturated rings. The van der Waals surface area contributed by atoms with Crippen molar-refractivity contribution in [2.75, 3.05) is 0 Å². The minimum absolute atomic E-state index is 0.246. The zero-order valence-electron chi connectivity index (χ0n) is 22.6. The van der Waals surface area contributed by atoms with Crippen LogP contribution in [0, 0.1) is 18.7 Å². The van der Waals surface area contributed by atoms with E-state index in [1.54, 1.807) is 6.92 Å². The molecule has 3 heterocycles. The number of fused-ring (bicyclic) bond motifs is 1. The largest absolute Gasteiger partial charge is 0.433 e. The smallest absolute Gasteiger partial charge is 0.250 e. The second-order valence-corrected chi connectivity index (χ2v) is 14.3. The first-order valence-corrected chi connectivity index (χ1v) is 16.0. The molecule has 2 aromatic heterocycles. The Labute approximate surface area is 248 Å². The number of benzene rings is 2. The van der Waals surface area contributed by atoms with Crippen molar-refractivity contribution in [3.63, 3.8) is 0 Å². The summed E-state index contributed by atoms with van der Waals surface area (Å²) in [6.07, 6.45) is -2.82. The highest BCUT2D eigenvalue weighted by molar-refractivity contribution is 7.90. The summed E-state index contributed by atoms with van der Waals surface area (Å²) in [6, 6.07) is 6.52. The van der Waals surface area contributed by atoms with Crippen LogP contribution in [0.3, 0.4) is 0 Å². The Bertz CT molecular complexity index is 1940. The second kappa shape index (κ2) is 10.1. The predicted molar refractivity (Wildman–Crippen MR) is 143 cm³/mol. The summed E-state index contributed by atoms with van der Waals surface area (Å²) in [4.78, 5) is 2.16. The molecule has 6 rings (SSSR count). The van der Waals surface area contributed by atoms with Crippen LogP contribution >= 0.6 is 0 Å². The average molecular weight is 657 g/mol. The maximum atomic E-state index is 16.6. The maximum absolute atomic E-state index is 16.6. The molecule has 1 aliphatic carbocycles. The molecule has 44 heavy (non-hydrogen) atoms. The van der Waals surface area contributed by atoms with Crippen LogP contribution in [0.15, 0.2) is 82.8 Å². The van der Waals surface area contributed by atoms with Crippen LogP contribution in [0.1, 0.15) is 53.0 Å². The Morgan fingerprint density at radius 3 is 2.02 bits per heavy atom. The van der Waals surface area contributed by atoms with Crippen LogP contribution in [-0.2, 0) is 32.1 Å². The molecule has 4 aromatic rings. The molecular formula is C28H22F6N4O4S2. The lowest BCUT2D eigenvalue weighted by Gasteiger charge is -2.44. The van der Waals surface area contributed by atoms with E-state index < -0.39 is 72.2 Å². The highest BCUT2D eigenvalue weighted by atomic mass is 32.2. The standard InChI is InChI=1S/C28H22F6N4O4S2/c1-16-2-10-20(11-3-16)43(39,40)37-15-22-24(17-4-5-17)38(44(41,42)21-12-13-23(35-14-21)28(32,33)34)26(27(30,31)25(22)36-37)18-6-8-19(29)9-7-18/h2-3,6-15,17,24,26H,4-5H2,1H3/t24-,26+/m1/s1. The lowest BCUT2D eigenvalue weighted by molar-refractivity contribution is -0.141. The zero-order valence-corrected chi connectivity index (χ0v) is 24.2. The van der Waals surface area contributed by atoms with Crippen molar-refractivity contribution in [2.45, 2.75) is 53.7 Å². The molecule has 0 bridgehead atoms. The van der Waals surface area contributed by atoms with E-state index in [2.05, 4.69) is 10.1 Å². The van der Waals surface area contributed by atoms with Gasteiger partial charge < -0.3 is 0 Å². The Kier molecular flexibility index (Phi) is 6.97.